The first-order chi connectivity index (χ1) is 7.63. The number of anilines is 1. The molecule has 2 aromatic rings. The van der Waals surface area contributed by atoms with Gasteiger partial charge in [0.05, 0.1) is 6.54 Å². The van der Waals surface area contributed by atoms with Crippen molar-refractivity contribution in [3.05, 3.63) is 51.5 Å². The summed E-state index contributed by atoms with van der Waals surface area (Å²) in [6, 6.07) is 6.93. The van der Waals surface area contributed by atoms with E-state index in [9.17, 15) is 8.78 Å². The Kier molecular flexibility index (Phi) is 3.42. The predicted molar refractivity (Wildman–Crippen MR) is 65.1 cm³/mol. The quantitative estimate of drug-likeness (QED) is 0.864. The van der Waals surface area contributed by atoms with E-state index in [1.165, 1.54) is 12.1 Å². The Morgan fingerprint density at radius 2 is 1.81 bits per heavy atom. The second-order valence-electron chi connectivity index (χ2n) is 3.22. The van der Waals surface area contributed by atoms with Gasteiger partial charge in [-0.15, -0.1) is 0 Å². The average molecular weight is 335 g/mol. The summed E-state index contributed by atoms with van der Waals surface area (Å²) >= 11 is 2.05. The lowest BCUT2D eigenvalue weighted by molar-refractivity contribution is 0.492. The number of benzene rings is 1. The maximum atomic E-state index is 12.9. The topological polar surface area (TPSA) is 25.2 Å². The van der Waals surface area contributed by atoms with Crippen LogP contribution in [0.4, 0.5) is 14.5 Å². The van der Waals surface area contributed by atoms with Gasteiger partial charge in [0, 0.05) is 11.8 Å². The van der Waals surface area contributed by atoms with Crippen LogP contribution in [-0.4, -0.2) is 0 Å². The van der Waals surface area contributed by atoms with Gasteiger partial charge in [0.15, 0.2) is 3.77 Å². The van der Waals surface area contributed by atoms with Crippen molar-refractivity contribution < 1.29 is 13.2 Å². The lowest BCUT2D eigenvalue weighted by Gasteiger charge is -2.04. The second kappa shape index (κ2) is 4.82. The monoisotopic (exact) mass is 335 g/mol. The number of hydrogen-bond acceptors (Lipinski definition) is 2. The molecule has 84 valence electrons. The molecule has 16 heavy (non-hydrogen) atoms. The van der Waals surface area contributed by atoms with E-state index in [2.05, 4.69) is 27.9 Å². The molecular weight excluding hydrogens is 327 g/mol. The van der Waals surface area contributed by atoms with Crippen LogP contribution in [0.3, 0.4) is 0 Å². The molecule has 5 heteroatoms. The molecule has 0 radical (unpaired) electrons. The van der Waals surface area contributed by atoms with Crippen LogP contribution < -0.4 is 5.32 Å². The van der Waals surface area contributed by atoms with E-state index in [1.54, 1.807) is 0 Å². The SMILES string of the molecule is Fc1cc(F)cc(NCc2ccc(I)o2)c1. The van der Waals surface area contributed by atoms with Gasteiger partial charge in [-0.25, -0.2) is 8.78 Å². The lowest BCUT2D eigenvalue weighted by atomic mass is 10.3. The molecule has 2 rings (SSSR count). The smallest absolute Gasteiger partial charge is 0.164 e. The third kappa shape index (κ3) is 2.94. The Morgan fingerprint density at radius 3 is 2.38 bits per heavy atom. The molecule has 0 fully saturated rings. The van der Waals surface area contributed by atoms with Crippen molar-refractivity contribution in [2.24, 2.45) is 0 Å². The maximum Gasteiger partial charge on any atom is 0.164 e. The Hall–Kier alpha value is -1.11. The van der Waals surface area contributed by atoms with Crippen molar-refractivity contribution in [3.8, 4) is 0 Å². The first-order valence-electron chi connectivity index (χ1n) is 4.58. The summed E-state index contributed by atoms with van der Waals surface area (Å²) in [5.41, 5.74) is 0.393. The second-order valence-corrected chi connectivity index (χ2v) is 4.28. The van der Waals surface area contributed by atoms with Gasteiger partial charge in [-0.1, -0.05) is 0 Å². The zero-order chi connectivity index (χ0) is 11.5. The predicted octanol–water partition coefficient (Wildman–Crippen LogP) is 3.77. The minimum atomic E-state index is -0.600. The standard InChI is InChI=1S/C11H8F2INO/c12-7-3-8(13)5-9(4-7)15-6-10-1-2-11(14)16-10/h1-5,15H,6H2. The Labute approximate surface area is 105 Å². The van der Waals surface area contributed by atoms with Crippen LogP contribution in [-0.2, 0) is 6.54 Å². The van der Waals surface area contributed by atoms with E-state index in [4.69, 9.17) is 4.42 Å². The minimum absolute atomic E-state index is 0.393. The molecule has 0 spiro atoms. The zero-order valence-corrected chi connectivity index (χ0v) is 10.3. The van der Waals surface area contributed by atoms with Gasteiger partial charge in [0.1, 0.15) is 17.4 Å². The molecule has 1 heterocycles. The molecule has 0 atom stereocenters. The van der Waals surface area contributed by atoms with Gasteiger partial charge in [-0.3, -0.25) is 0 Å². The Balaban J connectivity index is 2.04. The van der Waals surface area contributed by atoms with Crippen molar-refractivity contribution in [3.63, 3.8) is 0 Å². The van der Waals surface area contributed by atoms with Crippen LogP contribution >= 0.6 is 22.6 Å². The molecule has 0 saturated carbocycles. The summed E-state index contributed by atoms with van der Waals surface area (Å²) < 4.78 is 31.8. The molecule has 0 bridgehead atoms. The van der Waals surface area contributed by atoms with Crippen LogP contribution in [0, 0.1) is 15.4 Å². The van der Waals surface area contributed by atoms with E-state index in [1.807, 2.05) is 12.1 Å². The highest BCUT2D eigenvalue weighted by Crippen LogP contribution is 2.15. The molecule has 0 saturated heterocycles. The highest BCUT2D eigenvalue weighted by Gasteiger charge is 2.02. The zero-order valence-electron chi connectivity index (χ0n) is 8.14. The van der Waals surface area contributed by atoms with E-state index in [-0.39, 0.29) is 0 Å². The van der Waals surface area contributed by atoms with Gasteiger partial charge in [-0.05, 0) is 46.9 Å². The summed E-state index contributed by atoms with van der Waals surface area (Å²) in [7, 11) is 0. The van der Waals surface area contributed by atoms with Crippen molar-refractivity contribution in [1.82, 2.24) is 0 Å². The molecule has 1 aromatic heterocycles. The van der Waals surface area contributed by atoms with Gasteiger partial charge in [0.2, 0.25) is 0 Å². The molecule has 0 amide bonds. The van der Waals surface area contributed by atoms with Crippen LogP contribution in [0.15, 0.2) is 34.7 Å². The molecule has 0 aliphatic carbocycles. The van der Waals surface area contributed by atoms with Crippen LogP contribution in [0.25, 0.3) is 0 Å². The van der Waals surface area contributed by atoms with Crippen molar-refractivity contribution in [2.45, 2.75) is 6.54 Å². The average Bonchev–Trinajstić information content (AvgIpc) is 2.60. The number of nitrogens with one attached hydrogen (secondary N) is 1. The summed E-state index contributed by atoms with van der Waals surface area (Å²) in [5.74, 6) is -0.484. The molecule has 0 aliphatic rings. The Bertz CT molecular complexity index is 478. The van der Waals surface area contributed by atoms with E-state index in [0.717, 1.165) is 9.83 Å². The molecule has 0 unspecified atom stereocenters. The fourth-order valence-corrected chi connectivity index (χ4v) is 1.75. The number of halogens is 3. The van der Waals surface area contributed by atoms with E-state index >= 15 is 0 Å². The largest absolute Gasteiger partial charge is 0.454 e. The van der Waals surface area contributed by atoms with Crippen molar-refractivity contribution >= 4 is 28.3 Å². The first kappa shape index (κ1) is 11.4. The lowest BCUT2D eigenvalue weighted by Crippen LogP contribution is -1.99. The molecule has 2 nitrogen and oxygen atoms in total. The summed E-state index contributed by atoms with van der Waals surface area (Å²) in [6.07, 6.45) is 0. The van der Waals surface area contributed by atoms with Crippen LogP contribution in [0.2, 0.25) is 0 Å². The van der Waals surface area contributed by atoms with E-state index in [0.29, 0.717) is 18.0 Å². The van der Waals surface area contributed by atoms with Crippen LogP contribution in [0.5, 0.6) is 0 Å². The van der Waals surface area contributed by atoms with Gasteiger partial charge >= 0.3 is 0 Å². The summed E-state index contributed by atoms with van der Waals surface area (Å²) in [4.78, 5) is 0. The van der Waals surface area contributed by atoms with Crippen molar-refractivity contribution in [1.29, 1.82) is 0 Å². The molecular formula is C11H8F2INO. The third-order valence-electron chi connectivity index (χ3n) is 1.96. The normalized spacial score (nSPS) is 10.4. The third-order valence-corrected chi connectivity index (χ3v) is 2.54. The highest BCUT2D eigenvalue weighted by molar-refractivity contribution is 14.1. The van der Waals surface area contributed by atoms with Gasteiger partial charge < -0.3 is 9.73 Å². The summed E-state index contributed by atoms with van der Waals surface area (Å²) in [5, 5.41) is 2.88. The number of hydrogen-bond donors (Lipinski definition) is 1. The van der Waals surface area contributed by atoms with Gasteiger partial charge in [0.25, 0.3) is 0 Å². The number of furan rings is 1. The molecule has 1 aromatic carbocycles. The van der Waals surface area contributed by atoms with Crippen molar-refractivity contribution in [2.75, 3.05) is 5.32 Å². The molecule has 0 aliphatic heterocycles. The first-order valence-corrected chi connectivity index (χ1v) is 5.65. The highest BCUT2D eigenvalue weighted by atomic mass is 127. The Morgan fingerprint density at radius 1 is 1.12 bits per heavy atom. The fourth-order valence-electron chi connectivity index (χ4n) is 1.29. The van der Waals surface area contributed by atoms with Gasteiger partial charge in [-0.2, -0.15) is 0 Å². The van der Waals surface area contributed by atoms with E-state index < -0.39 is 11.6 Å². The minimum Gasteiger partial charge on any atom is -0.454 e. The molecule has 1 N–H and O–H groups in total. The number of rotatable bonds is 3. The maximum absolute atomic E-state index is 12.9. The van der Waals surface area contributed by atoms with Crippen LogP contribution in [0.1, 0.15) is 5.76 Å². The summed E-state index contributed by atoms with van der Waals surface area (Å²) in [6.45, 7) is 0.395. The fraction of sp³-hybridized carbons (Fsp3) is 0.0909.